The van der Waals surface area contributed by atoms with Crippen molar-refractivity contribution < 1.29 is 0 Å². The minimum absolute atomic E-state index is 0.186. The minimum atomic E-state index is -0.186. The van der Waals surface area contributed by atoms with E-state index in [0.717, 1.165) is 16.7 Å². The van der Waals surface area contributed by atoms with Crippen LogP contribution in [0, 0.1) is 6.92 Å². The highest BCUT2D eigenvalue weighted by atomic mass is 14.8. The Balaban J connectivity index is 2.37. The fourth-order valence-electron chi connectivity index (χ4n) is 1.48. The molecule has 0 aliphatic carbocycles. The van der Waals surface area contributed by atoms with Crippen LogP contribution in [0.5, 0.6) is 0 Å². The maximum Gasteiger partial charge on any atom is 0.115 e. The van der Waals surface area contributed by atoms with Crippen LogP contribution in [0.2, 0.25) is 0 Å². The molecular weight excluding hydrogens is 188 g/mol. The fourth-order valence-corrected chi connectivity index (χ4v) is 1.48. The summed E-state index contributed by atoms with van der Waals surface area (Å²) in [6.45, 7) is 1.99. The summed E-state index contributed by atoms with van der Waals surface area (Å²) in [6, 6.07) is 1.74. The van der Waals surface area contributed by atoms with Crippen molar-refractivity contribution in [1.82, 2.24) is 15.0 Å². The first-order valence-corrected chi connectivity index (χ1v) is 4.70. The van der Waals surface area contributed by atoms with Crippen LogP contribution in [0.15, 0.2) is 37.2 Å². The Labute approximate surface area is 88.2 Å². The van der Waals surface area contributed by atoms with Crippen LogP contribution >= 0.6 is 0 Å². The lowest BCUT2D eigenvalue weighted by Crippen LogP contribution is -2.13. The van der Waals surface area contributed by atoms with Gasteiger partial charge >= 0.3 is 0 Å². The summed E-state index contributed by atoms with van der Waals surface area (Å²) in [6.07, 6.45) is 8.51. The van der Waals surface area contributed by atoms with Gasteiger partial charge in [-0.15, -0.1) is 0 Å². The highest BCUT2D eigenvalue weighted by Crippen LogP contribution is 2.20. The zero-order chi connectivity index (χ0) is 10.7. The van der Waals surface area contributed by atoms with E-state index in [1.165, 1.54) is 6.33 Å². The molecule has 0 spiro atoms. The maximum absolute atomic E-state index is 6.11. The molecule has 2 rings (SSSR count). The van der Waals surface area contributed by atoms with Crippen molar-refractivity contribution in [3.8, 4) is 0 Å². The largest absolute Gasteiger partial charge is 0.320 e. The molecule has 2 N–H and O–H groups in total. The Bertz CT molecular complexity index is 441. The van der Waals surface area contributed by atoms with Crippen LogP contribution in [-0.4, -0.2) is 15.0 Å². The predicted octanol–water partition coefficient (Wildman–Crippen LogP) is 1.23. The Morgan fingerprint density at radius 1 is 1.13 bits per heavy atom. The first-order valence-electron chi connectivity index (χ1n) is 4.70. The molecule has 0 saturated carbocycles. The lowest BCUT2D eigenvalue weighted by Gasteiger charge is -2.13. The quantitative estimate of drug-likeness (QED) is 0.791. The third kappa shape index (κ3) is 1.99. The van der Waals surface area contributed by atoms with Gasteiger partial charge in [-0.2, -0.15) is 0 Å². The molecule has 4 nitrogen and oxygen atoms in total. The minimum Gasteiger partial charge on any atom is -0.320 e. The van der Waals surface area contributed by atoms with Gasteiger partial charge < -0.3 is 5.73 Å². The number of nitrogens with two attached hydrogens (primary N) is 1. The highest BCUT2D eigenvalue weighted by molar-refractivity contribution is 5.32. The topological polar surface area (TPSA) is 64.7 Å². The number of pyridine rings is 1. The van der Waals surface area contributed by atoms with Crippen molar-refractivity contribution in [3.63, 3.8) is 0 Å². The van der Waals surface area contributed by atoms with Gasteiger partial charge in [0.15, 0.2) is 0 Å². The van der Waals surface area contributed by atoms with Crippen molar-refractivity contribution in [1.29, 1.82) is 0 Å². The maximum atomic E-state index is 6.11. The summed E-state index contributed by atoms with van der Waals surface area (Å²) in [4.78, 5) is 11.9. The van der Waals surface area contributed by atoms with Gasteiger partial charge in [-0.3, -0.25) is 4.98 Å². The van der Waals surface area contributed by atoms with Gasteiger partial charge in [-0.05, 0) is 24.1 Å². The molecule has 2 aromatic heterocycles. The number of rotatable bonds is 2. The average molecular weight is 200 g/mol. The Kier molecular flexibility index (Phi) is 2.69. The number of hydrogen-bond donors (Lipinski definition) is 1. The molecule has 1 atom stereocenters. The number of hydrogen-bond acceptors (Lipinski definition) is 4. The molecule has 2 heterocycles. The zero-order valence-corrected chi connectivity index (χ0v) is 8.46. The van der Waals surface area contributed by atoms with E-state index in [0.29, 0.717) is 0 Å². The van der Waals surface area contributed by atoms with Gasteiger partial charge in [0.2, 0.25) is 0 Å². The Morgan fingerprint density at radius 2 is 1.87 bits per heavy atom. The number of aryl methyl sites for hydroxylation is 1. The van der Waals surface area contributed by atoms with E-state index in [1.807, 2.05) is 13.0 Å². The number of nitrogens with zero attached hydrogens (tertiary/aromatic N) is 3. The van der Waals surface area contributed by atoms with Crippen LogP contribution < -0.4 is 5.73 Å². The monoisotopic (exact) mass is 200 g/mol. The molecule has 0 aromatic carbocycles. The van der Waals surface area contributed by atoms with Gasteiger partial charge in [-0.1, -0.05) is 0 Å². The summed E-state index contributed by atoms with van der Waals surface area (Å²) in [5.41, 5.74) is 9.15. The SMILES string of the molecule is Cc1cnccc1C(N)c1cncnc1. The van der Waals surface area contributed by atoms with Crippen molar-refractivity contribution in [2.75, 3.05) is 0 Å². The van der Waals surface area contributed by atoms with Gasteiger partial charge in [0.25, 0.3) is 0 Å². The Morgan fingerprint density at radius 3 is 2.53 bits per heavy atom. The molecule has 2 aromatic rings. The van der Waals surface area contributed by atoms with Gasteiger partial charge in [0.05, 0.1) is 6.04 Å². The second-order valence-corrected chi connectivity index (χ2v) is 3.38. The van der Waals surface area contributed by atoms with Gasteiger partial charge in [-0.25, -0.2) is 9.97 Å². The molecule has 15 heavy (non-hydrogen) atoms. The van der Waals surface area contributed by atoms with Gasteiger partial charge in [0.1, 0.15) is 6.33 Å². The van der Waals surface area contributed by atoms with E-state index < -0.39 is 0 Å². The molecular formula is C11H12N4. The van der Waals surface area contributed by atoms with Crippen LogP contribution in [-0.2, 0) is 0 Å². The molecule has 4 heteroatoms. The third-order valence-electron chi connectivity index (χ3n) is 2.34. The normalized spacial score (nSPS) is 12.4. The molecule has 1 unspecified atom stereocenters. The Hall–Kier alpha value is -1.81. The standard InChI is InChI=1S/C11H12N4/c1-8-4-13-3-2-10(8)11(12)9-5-14-7-15-6-9/h2-7,11H,12H2,1H3. The van der Waals surface area contributed by atoms with Crippen LogP contribution in [0.4, 0.5) is 0 Å². The van der Waals surface area contributed by atoms with E-state index in [1.54, 1.807) is 24.8 Å². The summed E-state index contributed by atoms with van der Waals surface area (Å²) in [5.74, 6) is 0. The molecule has 0 aliphatic rings. The first kappa shape index (κ1) is 9.73. The first-order chi connectivity index (χ1) is 7.29. The molecule has 0 fully saturated rings. The van der Waals surface area contributed by atoms with Crippen molar-refractivity contribution >= 4 is 0 Å². The molecule has 0 saturated heterocycles. The summed E-state index contributed by atoms with van der Waals surface area (Å²) in [5, 5.41) is 0. The zero-order valence-electron chi connectivity index (χ0n) is 8.46. The van der Waals surface area contributed by atoms with Crippen LogP contribution in [0.3, 0.4) is 0 Å². The summed E-state index contributed by atoms with van der Waals surface area (Å²) < 4.78 is 0. The lowest BCUT2D eigenvalue weighted by molar-refractivity contribution is 0.838. The van der Waals surface area contributed by atoms with Crippen LogP contribution in [0.1, 0.15) is 22.7 Å². The van der Waals surface area contributed by atoms with Crippen molar-refractivity contribution in [2.24, 2.45) is 5.73 Å². The molecule has 0 bridgehead atoms. The molecule has 0 amide bonds. The van der Waals surface area contributed by atoms with Crippen molar-refractivity contribution in [3.05, 3.63) is 53.9 Å². The highest BCUT2D eigenvalue weighted by Gasteiger charge is 2.11. The third-order valence-corrected chi connectivity index (χ3v) is 2.34. The number of aromatic nitrogens is 3. The lowest BCUT2D eigenvalue weighted by atomic mass is 10.00. The van der Waals surface area contributed by atoms with E-state index >= 15 is 0 Å². The summed E-state index contributed by atoms with van der Waals surface area (Å²) >= 11 is 0. The smallest absolute Gasteiger partial charge is 0.115 e. The van der Waals surface area contributed by atoms with E-state index in [2.05, 4.69) is 15.0 Å². The van der Waals surface area contributed by atoms with Gasteiger partial charge in [0, 0.05) is 30.4 Å². The van der Waals surface area contributed by atoms with Crippen LogP contribution in [0.25, 0.3) is 0 Å². The van der Waals surface area contributed by atoms with E-state index in [-0.39, 0.29) is 6.04 Å². The predicted molar refractivity (Wildman–Crippen MR) is 57.0 cm³/mol. The van der Waals surface area contributed by atoms with E-state index in [9.17, 15) is 0 Å². The molecule has 0 aliphatic heterocycles. The average Bonchev–Trinajstić information content (AvgIpc) is 2.30. The molecule has 0 radical (unpaired) electrons. The second-order valence-electron chi connectivity index (χ2n) is 3.38. The fraction of sp³-hybridized carbons (Fsp3) is 0.182. The molecule has 76 valence electrons. The summed E-state index contributed by atoms with van der Waals surface area (Å²) in [7, 11) is 0. The van der Waals surface area contributed by atoms with Crippen molar-refractivity contribution in [2.45, 2.75) is 13.0 Å². The van der Waals surface area contributed by atoms with E-state index in [4.69, 9.17) is 5.73 Å². The second kappa shape index (κ2) is 4.14.